The Kier molecular flexibility index (Phi) is 4.05. The Morgan fingerprint density at radius 2 is 2.12 bits per heavy atom. The van der Waals surface area contributed by atoms with E-state index in [0.29, 0.717) is 0 Å². The van der Waals surface area contributed by atoms with Crippen molar-refractivity contribution in [2.75, 3.05) is 5.43 Å². The van der Waals surface area contributed by atoms with Crippen LogP contribution >= 0.6 is 11.3 Å². The molecule has 4 heteroatoms. The fourth-order valence-electron chi connectivity index (χ4n) is 1.29. The van der Waals surface area contributed by atoms with Gasteiger partial charge in [-0.3, -0.25) is 5.43 Å². The lowest BCUT2D eigenvalue weighted by Crippen LogP contribution is -1.87. The first-order valence-corrected chi connectivity index (χ1v) is 6.19. The predicted octanol–water partition coefficient (Wildman–Crippen LogP) is 3.78. The molecule has 1 aromatic carbocycles. The van der Waals surface area contributed by atoms with E-state index in [4.69, 9.17) is 0 Å². The molecule has 1 heterocycles. The largest absolute Gasteiger partial charge is 0.253 e. The lowest BCUT2D eigenvalue weighted by molar-refractivity contribution is 1.29. The van der Waals surface area contributed by atoms with Crippen molar-refractivity contribution in [1.29, 1.82) is 0 Å². The van der Waals surface area contributed by atoms with Crippen LogP contribution in [-0.4, -0.2) is 11.2 Å². The molecule has 0 unspecified atom stereocenters. The molecule has 0 aliphatic rings. The molecule has 0 amide bonds. The third-order valence-electron chi connectivity index (χ3n) is 2.09. The quantitative estimate of drug-likeness (QED) is 0.655. The Hall–Kier alpha value is -1.94. The molecule has 2 rings (SSSR count). The Labute approximate surface area is 105 Å². The number of thiazole rings is 1. The minimum absolute atomic E-state index is 0.796. The predicted molar refractivity (Wildman–Crippen MR) is 74.5 cm³/mol. The Balaban J connectivity index is 2.06. The summed E-state index contributed by atoms with van der Waals surface area (Å²) in [6, 6.07) is 10.1. The fraction of sp³-hybridized carbons (Fsp3) is 0.0769. The molecule has 0 radical (unpaired) electrons. The van der Waals surface area contributed by atoms with Crippen LogP contribution in [0.5, 0.6) is 0 Å². The lowest BCUT2D eigenvalue weighted by Gasteiger charge is -1.94. The Morgan fingerprint density at radius 3 is 2.88 bits per heavy atom. The molecule has 1 aromatic heterocycles. The highest BCUT2D eigenvalue weighted by atomic mass is 32.1. The molecule has 0 saturated heterocycles. The van der Waals surface area contributed by atoms with Crippen molar-refractivity contribution in [2.24, 2.45) is 5.10 Å². The van der Waals surface area contributed by atoms with Crippen molar-refractivity contribution in [3.63, 3.8) is 0 Å². The van der Waals surface area contributed by atoms with Crippen LogP contribution < -0.4 is 5.43 Å². The normalized spacial score (nSPS) is 11.4. The first kappa shape index (κ1) is 11.5. The van der Waals surface area contributed by atoms with E-state index in [1.807, 2.05) is 54.8 Å². The smallest absolute Gasteiger partial charge is 0.203 e. The number of aromatic nitrogens is 1. The van der Waals surface area contributed by atoms with E-state index in [1.165, 1.54) is 0 Å². The summed E-state index contributed by atoms with van der Waals surface area (Å²) >= 11 is 1.54. The van der Waals surface area contributed by atoms with Crippen molar-refractivity contribution in [1.82, 2.24) is 4.98 Å². The minimum Gasteiger partial charge on any atom is -0.253 e. The molecule has 2 aromatic rings. The van der Waals surface area contributed by atoms with Crippen LogP contribution in [0.1, 0.15) is 6.92 Å². The molecule has 17 heavy (non-hydrogen) atoms. The Morgan fingerprint density at radius 1 is 1.29 bits per heavy atom. The van der Waals surface area contributed by atoms with Crippen molar-refractivity contribution < 1.29 is 0 Å². The molecule has 1 N–H and O–H groups in total. The maximum Gasteiger partial charge on any atom is 0.203 e. The zero-order chi connectivity index (χ0) is 11.9. The summed E-state index contributed by atoms with van der Waals surface area (Å²) in [6.07, 6.45) is 5.48. The third kappa shape index (κ3) is 3.26. The molecule has 0 bridgehead atoms. The molecule has 0 saturated carbocycles. The van der Waals surface area contributed by atoms with Gasteiger partial charge in [-0.1, -0.05) is 36.4 Å². The number of rotatable bonds is 4. The summed E-state index contributed by atoms with van der Waals surface area (Å²) in [5.74, 6) is 0. The van der Waals surface area contributed by atoms with Gasteiger partial charge in [0, 0.05) is 17.2 Å². The molecule has 0 atom stereocenters. The van der Waals surface area contributed by atoms with Crippen LogP contribution in [0.2, 0.25) is 0 Å². The number of benzene rings is 1. The minimum atomic E-state index is 0.796. The van der Waals surface area contributed by atoms with Gasteiger partial charge in [0.25, 0.3) is 0 Å². The van der Waals surface area contributed by atoms with Gasteiger partial charge in [-0.15, -0.1) is 11.3 Å². The maximum absolute atomic E-state index is 4.45. The fourth-order valence-corrected chi connectivity index (χ4v) is 1.96. The van der Waals surface area contributed by atoms with E-state index in [-0.39, 0.29) is 0 Å². The number of hydrogen-bond acceptors (Lipinski definition) is 4. The van der Waals surface area contributed by atoms with Crippen LogP contribution in [0, 0.1) is 0 Å². The topological polar surface area (TPSA) is 37.3 Å². The van der Waals surface area contributed by atoms with Crippen LogP contribution in [0.25, 0.3) is 11.3 Å². The van der Waals surface area contributed by atoms with Gasteiger partial charge in [0.1, 0.15) is 0 Å². The van der Waals surface area contributed by atoms with Gasteiger partial charge in [0.15, 0.2) is 0 Å². The van der Waals surface area contributed by atoms with Crippen LogP contribution in [0.15, 0.2) is 53.0 Å². The van der Waals surface area contributed by atoms with Gasteiger partial charge in [-0.25, -0.2) is 4.98 Å². The van der Waals surface area contributed by atoms with Crippen molar-refractivity contribution in [3.8, 4) is 11.3 Å². The van der Waals surface area contributed by atoms with Gasteiger partial charge in [0.05, 0.1) is 5.69 Å². The van der Waals surface area contributed by atoms with Gasteiger partial charge in [-0.05, 0) is 13.0 Å². The highest BCUT2D eigenvalue weighted by molar-refractivity contribution is 7.14. The summed E-state index contributed by atoms with van der Waals surface area (Å²) in [6.45, 7) is 1.95. The Bertz CT molecular complexity index is 514. The number of nitrogens with zero attached hydrogens (tertiary/aromatic N) is 2. The number of allylic oxidation sites excluding steroid dienone is 2. The van der Waals surface area contributed by atoms with Crippen LogP contribution in [-0.2, 0) is 0 Å². The second kappa shape index (κ2) is 5.96. The number of hydrazone groups is 1. The molecular weight excluding hydrogens is 230 g/mol. The number of nitrogens with one attached hydrogen (secondary N) is 1. The molecule has 0 spiro atoms. The first-order chi connectivity index (χ1) is 8.40. The molecule has 86 valence electrons. The van der Waals surface area contributed by atoms with E-state index in [0.717, 1.165) is 16.4 Å². The lowest BCUT2D eigenvalue weighted by atomic mass is 10.2. The molecule has 0 fully saturated rings. The highest BCUT2D eigenvalue weighted by Gasteiger charge is 2.02. The van der Waals surface area contributed by atoms with Gasteiger partial charge in [-0.2, -0.15) is 5.10 Å². The zero-order valence-electron chi connectivity index (χ0n) is 9.50. The average Bonchev–Trinajstić information content (AvgIpc) is 2.85. The molecule has 3 nitrogen and oxygen atoms in total. The third-order valence-corrected chi connectivity index (χ3v) is 2.83. The first-order valence-electron chi connectivity index (χ1n) is 5.31. The standard InChI is InChI=1S/C13H13N3S/c1-2-3-9-14-16-13-15-12(10-17-13)11-7-5-4-6-8-11/h2-10H,1H3,(H,15,16). The zero-order valence-corrected chi connectivity index (χ0v) is 10.3. The SMILES string of the molecule is CC=CC=NNc1nc(-c2ccccc2)cs1. The molecular formula is C13H13N3S. The van der Waals surface area contributed by atoms with Crippen LogP contribution in [0.3, 0.4) is 0 Å². The maximum atomic E-state index is 4.45. The van der Waals surface area contributed by atoms with E-state index in [2.05, 4.69) is 15.5 Å². The monoisotopic (exact) mass is 243 g/mol. The second-order valence-electron chi connectivity index (χ2n) is 3.32. The second-order valence-corrected chi connectivity index (χ2v) is 4.18. The number of anilines is 1. The number of hydrogen-bond donors (Lipinski definition) is 1. The van der Waals surface area contributed by atoms with Crippen molar-refractivity contribution in [3.05, 3.63) is 47.9 Å². The van der Waals surface area contributed by atoms with E-state index in [1.54, 1.807) is 17.6 Å². The molecule has 0 aliphatic carbocycles. The summed E-state index contributed by atoms with van der Waals surface area (Å²) in [5, 5.41) is 6.84. The molecule has 0 aliphatic heterocycles. The average molecular weight is 243 g/mol. The van der Waals surface area contributed by atoms with Gasteiger partial charge in [0.2, 0.25) is 5.13 Å². The van der Waals surface area contributed by atoms with E-state index < -0.39 is 0 Å². The summed E-state index contributed by atoms with van der Waals surface area (Å²) < 4.78 is 0. The summed E-state index contributed by atoms with van der Waals surface area (Å²) in [4.78, 5) is 4.45. The van der Waals surface area contributed by atoms with Gasteiger partial charge < -0.3 is 0 Å². The van der Waals surface area contributed by atoms with Gasteiger partial charge >= 0.3 is 0 Å². The summed E-state index contributed by atoms with van der Waals surface area (Å²) in [5.41, 5.74) is 4.99. The summed E-state index contributed by atoms with van der Waals surface area (Å²) in [7, 11) is 0. The van der Waals surface area contributed by atoms with E-state index in [9.17, 15) is 0 Å². The van der Waals surface area contributed by atoms with Crippen LogP contribution in [0.4, 0.5) is 5.13 Å². The van der Waals surface area contributed by atoms with Crippen molar-refractivity contribution >= 4 is 22.7 Å². The van der Waals surface area contributed by atoms with Crippen molar-refractivity contribution in [2.45, 2.75) is 6.92 Å². The highest BCUT2D eigenvalue weighted by Crippen LogP contribution is 2.24. The van der Waals surface area contributed by atoms with E-state index >= 15 is 0 Å².